The van der Waals surface area contributed by atoms with Crippen LogP contribution in [0.25, 0.3) is 0 Å². The van der Waals surface area contributed by atoms with E-state index in [2.05, 4.69) is 5.32 Å². The highest BCUT2D eigenvalue weighted by Crippen LogP contribution is 2.20. The molecule has 21 heavy (non-hydrogen) atoms. The molecule has 0 fully saturated rings. The lowest BCUT2D eigenvalue weighted by Gasteiger charge is -2.17. The number of anilines is 2. The van der Waals surface area contributed by atoms with Crippen molar-refractivity contribution in [1.29, 1.82) is 0 Å². The second-order valence-electron chi connectivity index (χ2n) is 4.10. The molecule has 5 N–H and O–H groups in total. The van der Waals surface area contributed by atoms with E-state index in [9.17, 15) is 22.8 Å². The summed E-state index contributed by atoms with van der Waals surface area (Å²) in [5, 5.41) is 11.0. The molecule has 11 heteroatoms. The number of halogens is 3. The zero-order valence-electron chi connectivity index (χ0n) is 11.0. The number of ether oxygens (including phenoxy) is 1. The first-order valence-corrected chi connectivity index (χ1v) is 5.78. The van der Waals surface area contributed by atoms with E-state index in [0.29, 0.717) is 0 Å². The van der Waals surface area contributed by atoms with Gasteiger partial charge in [0.1, 0.15) is 11.5 Å². The van der Waals surface area contributed by atoms with Crippen LogP contribution >= 0.6 is 0 Å². The van der Waals surface area contributed by atoms with Gasteiger partial charge < -0.3 is 20.9 Å². The molecule has 1 heterocycles. The van der Waals surface area contributed by atoms with E-state index in [1.807, 2.05) is 4.98 Å². The van der Waals surface area contributed by atoms with Crippen LogP contribution in [-0.4, -0.2) is 47.2 Å². The SMILES string of the molecule is COCCn1c(N)c(NCC(O)C(F)(F)F)c(=O)[nH]c1=O. The fraction of sp³-hybridized carbons (Fsp3) is 0.600. The molecule has 120 valence electrons. The smallest absolute Gasteiger partial charge is 0.383 e. The molecular weight excluding hydrogens is 297 g/mol. The first-order chi connectivity index (χ1) is 9.68. The van der Waals surface area contributed by atoms with E-state index in [1.54, 1.807) is 0 Å². The van der Waals surface area contributed by atoms with Crippen molar-refractivity contribution in [2.24, 2.45) is 0 Å². The maximum atomic E-state index is 12.2. The third-order valence-corrected chi connectivity index (χ3v) is 2.61. The number of hydrogen-bond acceptors (Lipinski definition) is 6. The third-order valence-electron chi connectivity index (χ3n) is 2.61. The Labute approximate surface area is 116 Å². The van der Waals surface area contributed by atoms with Crippen LogP contribution in [0.3, 0.4) is 0 Å². The van der Waals surface area contributed by atoms with Crippen LogP contribution in [-0.2, 0) is 11.3 Å². The molecule has 0 aliphatic carbocycles. The molecule has 0 aliphatic heterocycles. The Morgan fingerprint density at radius 3 is 2.62 bits per heavy atom. The lowest BCUT2D eigenvalue weighted by molar-refractivity contribution is -0.198. The highest BCUT2D eigenvalue weighted by Gasteiger charge is 2.38. The highest BCUT2D eigenvalue weighted by atomic mass is 19.4. The van der Waals surface area contributed by atoms with Crippen LogP contribution in [0.1, 0.15) is 0 Å². The Morgan fingerprint density at radius 2 is 2.10 bits per heavy atom. The number of rotatable bonds is 6. The van der Waals surface area contributed by atoms with E-state index in [4.69, 9.17) is 15.6 Å². The Kier molecular flexibility index (Phi) is 5.38. The summed E-state index contributed by atoms with van der Waals surface area (Å²) in [6.45, 7) is -0.853. The number of alkyl halides is 3. The third kappa shape index (κ3) is 4.23. The summed E-state index contributed by atoms with van der Waals surface area (Å²) in [7, 11) is 1.38. The fourth-order valence-corrected chi connectivity index (χ4v) is 1.48. The van der Waals surface area contributed by atoms with Gasteiger partial charge in [-0.25, -0.2) is 4.79 Å². The second kappa shape index (κ2) is 6.63. The maximum Gasteiger partial charge on any atom is 0.416 e. The van der Waals surface area contributed by atoms with E-state index >= 15 is 0 Å². The largest absolute Gasteiger partial charge is 0.416 e. The quantitative estimate of drug-likeness (QED) is 0.540. The lowest BCUT2D eigenvalue weighted by atomic mass is 10.3. The number of nitrogen functional groups attached to an aromatic ring is 1. The first-order valence-electron chi connectivity index (χ1n) is 5.78. The zero-order chi connectivity index (χ0) is 16.2. The average molecular weight is 312 g/mol. The topological polar surface area (TPSA) is 122 Å². The van der Waals surface area contributed by atoms with Crippen molar-refractivity contribution < 1.29 is 23.0 Å². The Bertz CT molecular complexity index is 595. The molecule has 0 saturated carbocycles. The molecule has 0 amide bonds. The number of aromatic nitrogens is 2. The Morgan fingerprint density at radius 1 is 1.48 bits per heavy atom. The number of nitrogens with one attached hydrogen (secondary N) is 2. The van der Waals surface area contributed by atoms with Gasteiger partial charge in [0.05, 0.1) is 19.7 Å². The number of aromatic amines is 1. The van der Waals surface area contributed by atoms with Crippen LogP contribution in [0, 0.1) is 0 Å². The summed E-state index contributed by atoms with van der Waals surface area (Å²) in [5.74, 6) is -0.338. The minimum absolute atomic E-state index is 0.00838. The van der Waals surface area contributed by atoms with Gasteiger partial charge >= 0.3 is 11.9 Å². The molecule has 1 aromatic rings. The summed E-state index contributed by atoms with van der Waals surface area (Å²) in [5.41, 5.74) is 3.38. The van der Waals surface area contributed by atoms with Gasteiger partial charge in [0.25, 0.3) is 5.56 Å². The second-order valence-corrected chi connectivity index (χ2v) is 4.10. The molecule has 1 atom stereocenters. The number of methoxy groups -OCH3 is 1. The number of hydrogen-bond donors (Lipinski definition) is 4. The van der Waals surface area contributed by atoms with Crippen molar-refractivity contribution in [3.8, 4) is 0 Å². The van der Waals surface area contributed by atoms with E-state index in [-0.39, 0.29) is 19.0 Å². The molecule has 0 spiro atoms. The van der Waals surface area contributed by atoms with Gasteiger partial charge in [0, 0.05) is 7.11 Å². The monoisotopic (exact) mass is 312 g/mol. The van der Waals surface area contributed by atoms with Gasteiger partial charge in [-0.05, 0) is 0 Å². The van der Waals surface area contributed by atoms with Crippen LogP contribution < -0.4 is 22.3 Å². The standard InChI is InChI=1S/C10H15F3N4O4/c1-21-3-2-17-7(14)6(8(19)16-9(17)20)15-4-5(18)10(11,12)13/h5,15,18H,2-4,14H2,1H3,(H,16,19,20). The molecule has 0 bridgehead atoms. The molecule has 0 aliphatic rings. The number of H-pyrrole nitrogens is 1. The van der Waals surface area contributed by atoms with Crippen molar-refractivity contribution in [3.63, 3.8) is 0 Å². The summed E-state index contributed by atoms with van der Waals surface area (Å²) in [6, 6.07) is 0. The van der Waals surface area contributed by atoms with E-state index in [1.165, 1.54) is 7.11 Å². The van der Waals surface area contributed by atoms with Crippen LogP contribution in [0.2, 0.25) is 0 Å². The number of nitrogens with zero attached hydrogens (tertiary/aromatic N) is 1. The van der Waals surface area contributed by atoms with Crippen molar-refractivity contribution in [2.45, 2.75) is 18.8 Å². The fourth-order valence-electron chi connectivity index (χ4n) is 1.48. The number of aliphatic hydroxyl groups excluding tert-OH is 1. The van der Waals surface area contributed by atoms with E-state index < -0.39 is 35.8 Å². The van der Waals surface area contributed by atoms with Crippen molar-refractivity contribution in [2.75, 3.05) is 31.3 Å². The van der Waals surface area contributed by atoms with Crippen molar-refractivity contribution in [3.05, 3.63) is 20.8 Å². The summed E-state index contributed by atoms with van der Waals surface area (Å²) < 4.78 is 42.2. The zero-order valence-corrected chi connectivity index (χ0v) is 11.0. The molecule has 0 saturated heterocycles. The van der Waals surface area contributed by atoms with Crippen molar-refractivity contribution >= 4 is 11.5 Å². The first kappa shape index (κ1) is 17.0. The number of aliphatic hydroxyl groups is 1. The van der Waals surface area contributed by atoms with Gasteiger partial charge in [-0.15, -0.1) is 0 Å². The van der Waals surface area contributed by atoms with Crippen LogP contribution in [0.15, 0.2) is 9.59 Å². The van der Waals surface area contributed by atoms with Crippen LogP contribution in [0.5, 0.6) is 0 Å². The Hall–Kier alpha value is -2.01. The van der Waals surface area contributed by atoms with Gasteiger partial charge in [-0.1, -0.05) is 0 Å². The summed E-state index contributed by atoms with van der Waals surface area (Å²) in [6.07, 6.45) is -7.50. The van der Waals surface area contributed by atoms with Gasteiger partial charge in [-0.2, -0.15) is 13.2 Å². The molecule has 1 unspecified atom stereocenters. The number of nitrogens with two attached hydrogens (primary N) is 1. The van der Waals surface area contributed by atoms with Crippen molar-refractivity contribution in [1.82, 2.24) is 9.55 Å². The maximum absolute atomic E-state index is 12.2. The molecule has 0 radical (unpaired) electrons. The highest BCUT2D eigenvalue weighted by molar-refractivity contribution is 5.60. The van der Waals surface area contributed by atoms with Gasteiger partial charge in [-0.3, -0.25) is 14.3 Å². The molecular formula is C10H15F3N4O4. The molecule has 1 aromatic heterocycles. The summed E-state index contributed by atoms with van der Waals surface area (Å²) in [4.78, 5) is 25.0. The van der Waals surface area contributed by atoms with Gasteiger partial charge in [0.2, 0.25) is 0 Å². The predicted molar refractivity (Wildman–Crippen MR) is 68.2 cm³/mol. The normalized spacial score (nSPS) is 13.2. The van der Waals surface area contributed by atoms with Gasteiger partial charge in [0.15, 0.2) is 6.10 Å². The Balaban J connectivity index is 3.02. The lowest BCUT2D eigenvalue weighted by Crippen LogP contribution is -2.39. The molecule has 1 rings (SSSR count). The predicted octanol–water partition coefficient (Wildman–Crippen LogP) is -0.900. The minimum Gasteiger partial charge on any atom is -0.383 e. The summed E-state index contributed by atoms with van der Waals surface area (Å²) >= 11 is 0. The van der Waals surface area contributed by atoms with Crippen LogP contribution in [0.4, 0.5) is 24.7 Å². The molecule has 8 nitrogen and oxygen atoms in total. The minimum atomic E-state index is -4.83. The molecule has 0 aromatic carbocycles. The average Bonchev–Trinajstić information content (AvgIpc) is 2.36. The van der Waals surface area contributed by atoms with E-state index in [0.717, 1.165) is 4.57 Å².